The highest BCUT2D eigenvalue weighted by atomic mass is 16.5. The molecule has 0 radical (unpaired) electrons. The fourth-order valence-corrected chi connectivity index (χ4v) is 2.86. The van der Waals surface area contributed by atoms with Gasteiger partial charge in [-0.2, -0.15) is 0 Å². The van der Waals surface area contributed by atoms with Crippen molar-refractivity contribution in [2.75, 3.05) is 18.4 Å². The number of ether oxygens (including phenoxy) is 1. The number of urea groups is 1. The smallest absolute Gasteiger partial charge is 0.321 e. The predicted octanol–water partition coefficient (Wildman–Crippen LogP) is 3.92. The lowest BCUT2D eigenvalue weighted by Gasteiger charge is -2.30. The van der Waals surface area contributed by atoms with Crippen LogP contribution in [0.4, 0.5) is 10.5 Å². The van der Waals surface area contributed by atoms with E-state index in [0.717, 1.165) is 36.5 Å². The van der Waals surface area contributed by atoms with Gasteiger partial charge in [0.25, 0.3) is 0 Å². The number of nitrogens with zero attached hydrogens (tertiary/aromatic N) is 2. The lowest BCUT2D eigenvalue weighted by molar-refractivity contribution is 0.182. The molecule has 1 aromatic carbocycles. The standard InChI is InChI=1S/C19H23N3O2/c1-15-4-3-11-22(13-15)19(23)21-17-6-8-18(9-7-17)24-14-16-5-2-10-20-12-16/h2,5-10,12,15H,3-4,11,13-14H2,1H3,(H,21,23)/t15-/m0/s1. The van der Waals surface area contributed by atoms with Crippen LogP contribution in [0, 0.1) is 5.92 Å². The van der Waals surface area contributed by atoms with Crippen molar-refractivity contribution >= 4 is 11.7 Å². The highest BCUT2D eigenvalue weighted by Crippen LogP contribution is 2.19. The lowest BCUT2D eigenvalue weighted by atomic mass is 10.0. The molecule has 1 atom stereocenters. The molecule has 5 nitrogen and oxygen atoms in total. The van der Waals surface area contributed by atoms with Crippen LogP contribution in [0.3, 0.4) is 0 Å². The molecule has 24 heavy (non-hydrogen) atoms. The van der Waals surface area contributed by atoms with E-state index >= 15 is 0 Å². The molecule has 126 valence electrons. The van der Waals surface area contributed by atoms with Gasteiger partial charge in [0.1, 0.15) is 12.4 Å². The summed E-state index contributed by atoms with van der Waals surface area (Å²) in [6.45, 7) is 4.33. The van der Waals surface area contributed by atoms with Crippen LogP contribution in [0.15, 0.2) is 48.8 Å². The van der Waals surface area contributed by atoms with E-state index < -0.39 is 0 Å². The van der Waals surface area contributed by atoms with Gasteiger partial charge in [0.2, 0.25) is 0 Å². The number of hydrogen-bond donors (Lipinski definition) is 1. The van der Waals surface area contributed by atoms with Gasteiger partial charge in [-0.25, -0.2) is 4.79 Å². The van der Waals surface area contributed by atoms with Crippen LogP contribution in [0.1, 0.15) is 25.3 Å². The van der Waals surface area contributed by atoms with Gasteiger partial charge >= 0.3 is 6.03 Å². The van der Waals surface area contributed by atoms with Crippen molar-refractivity contribution in [2.24, 2.45) is 5.92 Å². The summed E-state index contributed by atoms with van der Waals surface area (Å²) in [6, 6.07) is 11.3. The minimum Gasteiger partial charge on any atom is -0.489 e. The maximum Gasteiger partial charge on any atom is 0.321 e. The number of carbonyl (C=O) groups is 1. The number of pyridine rings is 1. The van der Waals surface area contributed by atoms with Crippen LogP contribution in [-0.4, -0.2) is 29.0 Å². The van der Waals surface area contributed by atoms with Gasteiger partial charge in [0, 0.05) is 36.7 Å². The Hall–Kier alpha value is -2.56. The largest absolute Gasteiger partial charge is 0.489 e. The minimum atomic E-state index is -0.0226. The normalized spacial score (nSPS) is 17.4. The van der Waals surface area contributed by atoms with E-state index in [4.69, 9.17) is 4.74 Å². The maximum atomic E-state index is 12.3. The van der Waals surface area contributed by atoms with Crippen molar-refractivity contribution < 1.29 is 9.53 Å². The van der Waals surface area contributed by atoms with Crippen LogP contribution in [0.2, 0.25) is 0 Å². The topological polar surface area (TPSA) is 54.5 Å². The van der Waals surface area contributed by atoms with E-state index in [1.165, 1.54) is 6.42 Å². The van der Waals surface area contributed by atoms with Crippen LogP contribution >= 0.6 is 0 Å². The summed E-state index contributed by atoms with van der Waals surface area (Å²) in [5, 5.41) is 2.95. The van der Waals surface area contributed by atoms with Crippen molar-refractivity contribution in [3.8, 4) is 5.75 Å². The summed E-state index contributed by atoms with van der Waals surface area (Å²) in [5.74, 6) is 1.34. The summed E-state index contributed by atoms with van der Waals surface area (Å²) < 4.78 is 5.72. The van der Waals surface area contributed by atoms with Gasteiger partial charge in [-0.1, -0.05) is 13.0 Å². The molecule has 2 amide bonds. The van der Waals surface area contributed by atoms with Crippen LogP contribution in [0.5, 0.6) is 5.75 Å². The van der Waals surface area contributed by atoms with Crippen LogP contribution in [-0.2, 0) is 6.61 Å². The van der Waals surface area contributed by atoms with Gasteiger partial charge < -0.3 is 15.0 Å². The first-order chi connectivity index (χ1) is 11.7. The number of benzene rings is 1. The molecule has 1 aliphatic heterocycles. The van der Waals surface area contributed by atoms with E-state index in [2.05, 4.69) is 17.2 Å². The number of carbonyl (C=O) groups excluding carboxylic acids is 1. The SMILES string of the molecule is C[C@H]1CCCN(C(=O)Nc2ccc(OCc3cccnc3)cc2)C1. The lowest BCUT2D eigenvalue weighted by Crippen LogP contribution is -2.41. The van der Waals surface area contributed by atoms with Crippen molar-refractivity contribution in [3.05, 3.63) is 54.4 Å². The highest BCUT2D eigenvalue weighted by molar-refractivity contribution is 5.89. The zero-order valence-corrected chi connectivity index (χ0v) is 13.9. The summed E-state index contributed by atoms with van der Waals surface area (Å²) in [6.07, 6.45) is 5.81. The summed E-state index contributed by atoms with van der Waals surface area (Å²) in [4.78, 5) is 18.2. The Bertz CT molecular complexity index is 658. The zero-order valence-electron chi connectivity index (χ0n) is 13.9. The molecule has 0 spiro atoms. The fourth-order valence-electron chi connectivity index (χ4n) is 2.86. The highest BCUT2D eigenvalue weighted by Gasteiger charge is 2.20. The number of anilines is 1. The summed E-state index contributed by atoms with van der Waals surface area (Å²) >= 11 is 0. The van der Waals surface area contributed by atoms with E-state index in [-0.39, 0.29) is 6.03 Å². The van der Waals surface area contributed by atoms with Crippen molar-refractivity contribution in [1.82, 2.24) is 9.88 Å². The van der Waals surface area contributed by atoms with E-state index in [9.17, 15) is 4.79 Å². The number of likely N-dealkylation sites (tertiary alicyclic amines) is 1. The molecule has 1 N–H and O–H groups in total. The fraction of sp³-hybridized carbons (Fsp3) is 0.368. The monoisotopic (exact) mass is 325 g/mol. The number of piperidine rings is 1. The minimum absolute atomic E-state index is 0.0226. The number of amides is 2. The van der Waals surface area contributed by atoms with E-state index in [1.54, 1.807) is 12.4 Å². The molecular formula is C19H23N3O2. The molecule has 1 aromatic heterocycles. The Morgan fingerprint density at radius 1 is 1.33 bits per heavy atom. The Morgan fingerprint density at radius 2 is 2.17 bits per heavy atom. The Morgan fingerprint density at radius 3 is 2.88 bits per heavy atom. The van der Waals surface area contributed by atoms with Gasteiger partial charge in [-0.15, -0.1) is 0 Å². The molecule has 0 bridgehead atoms. The predicted molar refractivity (Wildman–Crippen MR) is 94.0 cm³/mol. The third kappa shape index (κ3) is 4.47. The molecule has 2 heterocycles. The molecule has 2 aromatic rings. The average Bonchev–Trinajstić information content (AvgIpc) is 2.62. The van der Waals surface area contributed by atoms with Crippen LogP contribution in [0.25, 0.3) is 0 Å². The quantitative estimate of drug-likeness (QED) is 0.927. The molecule has 0 unspecified atom stereocenters. The molecule has 5 heteroatoms. The second-order valence-corrected chi connectivity index (χ2v) is 6.30. The Kier molecular flexibility index (Phi) is 5.31. The van der Waals surface area contributed by atoms with Crippen molar-refractivity contribution in [2.45, 2.75) is 26.4 Å². The van der Waals surface area contributed by atoms with Gasteiger partial charge in [-0.3, -0.25) is 4.98 Å². The second-order valence-electron chi connectivity index (χ2n) is 6.30. The Balaban J connectivity index is 1.51. The number of aromatic nitrogens is 1. The van der Waals surface area contributed by atoms with Crippen molar-refractivity contribution in [1.29, 1.82) is 0 Å². The van der Waals surface area contributed by atoms with Crippen molar-refractivity contribution in [3.63, 3.8) is 0 Å². The first kappa shape index (κ1) is 16.3. The molecule has 1 saturated heterocycles. The Labute approximate surface area is 142 Å². The third-order valence-corrected chi connectivity index (χ3v) is 4.18. The van der Waals surface area contributed by atoms with E-state index in [0.29, 0.717) is 12.5 Å². The van der Waals surface area contributed by atoms with E-state index in [1.807, 2.05) is 41.3 Å². The second kappa shape index (κ2) is 7.81. The zero-order chi connectivity index (χ0) is 16.8. The third-order valence-electron chi connectivity index (χ3n) is 4.18. The van der Waals surface area contributed by atoms with Gasteiger partial charge in [0.05, 0.1) is 0 Å². The molecule has 3 rings (SSSR count). The number of hydrogen-bond acceptors (Lipinski definition) is 3. The molecule has 0 aliphatic carbocycles. The van der Waals surface area contributed by atoms with Crippen LogP contribution < -0.4 is 10.1 Å². The molecule has 1 aliphatic rings. The van der Waals surface area contributed by atoms with Gasteiger partial charge in [0.15, 0.2) is 0 Å². The molecule has 1 fully saturated rings. The average molecular weight is 325 g/mol. The maximum absolute atomic E-state index is 12.3. The van der Waals surface area contributed by atoms with Gasteiger partial charge in [-0.05, 0) is 49.1 Å². The summed E-state index contributed by atoms with van der Waals surface area (Å²) in [5.41, 5.74) is 1.81. The first-order valence-electron chi connectivity index (χ1n) is 8.38. The number of rotatable bonds is 4. The molecule has 0 saturated carbocycles. The molecular weight excluding hydrogens is 302 g/mol. The number of nitrogens with one attached hydrogen (secondary N) is 1. The summed E-state index contributed by atoms with van der Waals surface area (Å²) in [7, 11) is 0. The first-order valence-corrected chi connectivity index (χ1v) is 8.38.